The van der Waals surface area contributed by atoms with Gasteiger partial charge < -0.3 is 5.32 Å². The van der Waals surface area contributed by atoms with Crippen LogP contribution in [0.3, 0.4) is 0 Å². The third kappa shape index (κ3) is 3.23. The minimum absolute atomic E-state index is 0.137. The number of nitrogens with one attached hydrogen (secondary N) is 1. The largest absolute Gasteiger partial charge is 0.347 e. The molecule has 3 nitrogen and oxygen atoms in total. The molecule has 1 heterocycles. The summed E-state index contributed by atoms with van der Waals surface area (Å²) in [6, 6.07) is 17.9. The van der Waals surface area contributed by atoms with Crippen molar-refractivity contribution in [3.8, 4) is 10.6 Å². The van der Waals surface area contributed by atoms with Gasteiger partial charge in [-0.3, -0.25) is 4.79 Å². The summed E-state index contributed by atoms with van der Waals surface area (Å²) in [6.07, 6.45) is 0. The fourth-order valence-electron chi connectivity index (χ4n) is 2.17. The van der Waals surface area contributed by atoms with Crippen molar-refractivity contribution >= 4 is 17.2 Å². The number of carbonyl (C=O) groups excluding carboxylic acids is 1. The third-order valence-electron chi connectivity index (χ3n) is 3.46. The number of rotatable bonds is 4. The second-order valence-electron chi connectivity index (χ2n) is 5.01. The lowest BCUT2D eigenvalue weighted by Gasteiger charge is -2.06. The molecule has 0 unspecified atom stereocenters. The Labute approximate surface area is 133 Å². The summed E-state index contributed by atoms with van der Waals surface area (Å²) >= 11 is 1.48. The molecule has 1 N–H and O–H groups in total. The summed E-state index contributed by atoms with van der Waals surface area (Å²) in [6.45, 7) is 2.56. The fraction of sp³-hybridized carbons (Fsp3) is 0.111. The average molecular weight is 308 g/mol. The van der Waals surface area contributed by atoms with Crippen molar-refractivity contribution in [1.82, 2.24) is 10.3 Å². The monoisotopic (exact) mass is 308 g/mol. The minimum atomic E-state index is -0.137. The van der Waals surface area contributed by atoms with Gasteiger partial charge in [0.2, 0.25) is 0 Å². The van der Waals surface area contributed by atoms with Crippen molar-refractivity contribution in [2.24, 2.45) is 0 Å². The van der Waals surface area contributed by atoms with Gasteiger partial charge in [-0.1, -0.05) is 54.6 Å². The highest BCUT2D eigenvalue weighted by Gasteiger charge is 2.11. The molecule has 3 aromatic rings. The zero-order valence-electron chi connectivity index (χ0n) is 12.2. The molecule has 0 radical (unpaired) electrons. The molecule has 3 rings (SSSR count). The number of hydrogen-bond donors (Lipinski definition) is 1. The molecule has 4 heteroatoms. The third-order valence-corrected chi connectivity index (χ3v) is 4.35. The average Bonchev–Trinajstić information content (AvgIpc) is 3.05. The van der Waals surface area contributed by atoms with E-state index in [1.807, 2.05) is 61.5 Å². The molecule has 1 amide bonds. The lowest BCUT2D eigenvalue weighted by molar-refractivity contribution is 0.0946. The first-order valence-corrected chi connectivity index (χ1v) is 7.95. The Bertz CT molecular complexity index is 781. The maximum absolute atomic E-state index is 12.2. The first kappa shape index (κ1) is 14.5. The molecule has 0 bridgehead atoms. The van der Waals surface area contributed by atoms with E-state index in [-0.39, 0.29) is 5.91 Å². The maximum Gasteiger partial charge on any atom is 0.271 e. The Kier molecular flexibility index (Phi) is 4.30. The summed E-state index contributed by atoms with van der Waals surface area (Å²) < 4.78 is 0. The molecule has 0 atom stereocenters. The summed E-state index contributed by atoms with van der Waals surface area (Å²) in [7, 11) is 0. The topological polar surface area (TPSA) is 42.0 Å². The van der Waals surface area contributed by atoms with E-state index in [4.69, 9.17) is 0 Å². The van der Waals surface area contributed by atoms with Crippen LogP contribution in [0, 0.1) is 6.92 Å². The first-order chi connectivity index (χ1) is 10.7. The standard InChI is InChI=1S/C18H16N2OS/c1-13-7-5-6-10-15(13)11-19-17(21)16-12-22-18(20-16)14-8-3-2-4-9-14/h2-10,12H,11H2,1H3,(H,19,21). The van der Waals surface area contributed by atoms with Crippen molar-refractivity contribution < 1.29 is 4.79 Å². The maximum atomic E-state index is 12.2. The molecule has 0 aliphatic carbocycles. The number of benzene rings is 2. The number of thiazole rings is 1. The second kappa shape index (κ2) is 6.54. The van der Waals surface area contributed by atoms with E-state index in [1.165, 1.54) is 16.9 Å². The van der Waals surface area contributed by atoms with Gasteiger partial charge in [-0.15, -0.1) is 11.3 Å². The van der Waals surface area contributed by atoms with Crippen LogP contribution in [-0.2, 0) is 6.54 Å². The van der Waals surface area contributed by atoms with E-state index in [1.54, 1.807) is 5.38 Å². The van der Waals surface area contributed by atoms with Crippen molar-refractivity contribution in [3.05, 3.63) is 76.8 Å². The van der Waals surface area contributed by atoms with Crippen LogP contribution in [0.5, 0.6) is 0 Å². The quantitative estimate of drug-likeness (QED) is 0.790. The van der Waals surface area contributed by atoms with Crippen molar-refractivity contribution in [3.63, 3.8) is 0 Å². The van der Waals surface area contributed by atoms with E-state index >= 15 is 0 Å². The van der Waals surface area contributed by atoms with Gasteiger partial charge in [0.1, 0.15) is 10.7 Å². The van der Waals surface area contributed by atoms with E-state index in [9.17, 15) is 4.79 Å². The number of hydrogen-bond acceptors (Lipinski definition) is 3. The normalized spacial score (nSPS) is 10.4. The summed E-state index contributed by atoms with van der Waals surface area (Å²) in [5.74, 6) is -0.137. The van der Waals surface area contributed by atoms with Gasteiger partial charge >= 0.3 is 0 Å². The van der Waals surface area contributed by atoms with Crippen LogP contribution in [0.4, 0.5) is 0 Å². The van der Waals surface area contributed by atoms with Crippen LogP contribution in [0.15, 0.2) is 60.0 Å². The molecule has 0 spiro atoms. The number of aryl methyl sites for hydroxylation is 1. The minimum Gasteiger partial charge on any atom is -0.347 e. The van der Waals surface area contributed by atoms with Crippen molar-refractivity contribution in [2.75, 3.05) is 0 Å². The Balaban J connectivity index is 1.69. The van der Waals surface area contributed by atoms with Crippen LogP contribution in [0.2, 0.25) is 0 Å². The van der Waals surface area contributed by atoms with Crippen molar-refractivity contribution in [2.45, 2.75) is 13.5 Å². The number of amides is 1. The van der Waals surface area contributed by atoms with Gasteiger partial charge in [0, 0.05) is 17.5 Å². The molecule has 0 saturated heterocycles. The lowest BCUT2D eigenvalue weighted by Crippen LogP contribution is -2.23. The highest BCUT2D eigenvalue weighted by Crippen LogP contribution is 2.23. The smallest absolute Gasteiger partial charge is 0.271 e. The zero-order chi connectivity index (χ0) is 15.4. The van der Waals surface area contributed by atoms with Gasteiger partial charge in [-0.25, -0.2) is 4.98 Å². The highest BCUT2D eigenvalue weighted by molar-refractivity contribution is 7.13. The Morgan fingerprint density at radius 1 is 1.09 bits per heavy atom. The van der Waals surface area contributed by atoms with Crippen LogP contribution >= 0.6 is 11.3 Å². The Morgan fingerprint density at radius 3 is 2.59 bits per heavy atom. The van der Waals surface area contributed by atoms with E-state index in [2.05, 4.69) is 10.3 Å². The molecule has 0 aliphatic heterocycles. The van der Waals surface area contributed by atoms with Crippen molar-refractivity contribution in [1.29, 1.82) is 0 Å². The van der Waals surface area contributed by atoms with E-state index in [0.717, 1.165) is 16.1 Å². The number of carbonyl (C=O) groups is 1. The first-order valence-electron chi connectivity index (χ1n) is 7.07. The lowest BCUT2D eigenvalue weighted by atomic mass is 10.1. The van der Waals surface area contributed by atoms with Gasteiger partial charge in [-0.2, -0.15) is 0 Å². The van der Waals surface area contributed by atoms with Crippen LogP contribution in [0.1, 0.15) is 21.6 Å². The SMILES string of the molecule is Cc1ccccc1CNC(=O)c1csc(-c2ccccc2)n1. The zero-order valence-corrected chi connectivity index (χ0v) is 13.1. The molecule has 0 saturated carbocycles. The Hall–Kier alpha value is -2.46. The van der Waals surface area contributed by atoms with E-state index in [0.29, 0.717) is 12.2 Å². The molecular formula is C18H16N2OS. The van der Waals surface area contributed by atoms with Crippen LogP contribution in [-0.4, -0.2) is 10.9 Å². The predicted molar refractivity (Wildman–Crippen MR) is 89.9 cm³/mol. The highest BCUT2D eigenvalue weighted by atomic mass is 32.1. The molecule has 1 aromatic heterocycles. The molecular weight excluding hydrogens is 292 g/mol. The molecule has 0 aliphatic rings. The molecule has 110 valence electrons. The summed E-state index contributed by atoms with van der Waals surface area (Å²) in [5, 5.41) is 5.59. The molecule has 0 fully saturated rings. The number of aromatic nitrogens is 1. The van der Waals surface area contributed by atoms with Gasteiger partial charge in [0.25, 0.3) is 5.91 Å². The van der Waals surface area contributed by atoms with Crippen LogP contribution < -0.4 is 5.32 Å². The van der Waals surface area contributed by atoms with Gasteiger partial charge in [0.05, 0.1) is 0 Å². The predicted octanol–water partition coefficient (Wildman–Crippen LogP) is 4.05. The number of nitrogens with zero attached hydrogens (tertiary/aromatic N) is 1. The van der Waals surface area contributed by atoms with Crippen LogP contribution in [0.25, 0.3) is 10.6 Å². The fourth-order valence-corrected chi connectivity index (χ4v) is 2.97. The summed E-state index contributed by atoms with van der Waals surface area (Å²) in [4.78, 5) is 16.6. The second-order valence-corrected chi connectivity index (χ2v) is 5.87. The molecule has 22 heavy (non-hydrogen) atoms. The van der Waals surface area contributed by atoms with Gasteiger partial charge in [-0.05, 0) is 18.1 Å². The van der Waals surface area contributed by atoms with E-state index < -0.39 is 0 Å². The summed E-state index contributed by atoms with van der Waals surface area (Å²) in [5.41, 5.74) is 3.79. The Morgan fingerprint density at radius 2 is 1.82 bits per heavy atom. The van der Waals surface area contributed by atoms with Gasteiger partial charge in [0.15, 0.2) is 0 Å². The molecule has 2 aromatic carbocycles.